The van der Waals surface area contributed by atoms with Crippen molar-refractivity contribution in [2.24, 2.45) is 5.73 Å². The summed E-state index contributed by atoms with van der Waals surface area (Å²) in [7, 11) is 1.45. The first-order chi connectivity index (χ1) is 6.60. The highest BCUT2D eigenvalue weighted by Crippen LogP contribution is 2.21. The van der Waals surface area contributed by atoms with E-state index in [2.05, 4.69) is 0 Å². The first-order valence-corrected chi connectivity index (χ1v) is 4.17. The quantitative estimate of drug-likeness (QED) is 0.743. The first kappa shape index (κ1) is 10.7. The largest absolute Gasteiger partial charge is 0.496 e. The Balaban J connectivity index is 3.21. The zero-order valence-electron chi connectivity index (χ0n) is 8.13. The Morgan fingerprint density at radius 2 is 2.21 bits per heavy atom. The number of hydrogen-bond acceptors (Lipinski definition) is 3. The van der Waals surface area contributed by atoms with Gasteiger partial charge in [-0.2, -0.15) is 0 Å². The van der Waals surface area contributed by atoms with Gasteiger partial charge in [0, 0.05) is 6.07 Å². The molecule has 0 aromatic heterocycles. The van der Waals surface area contributed by atoms with E-state index in [-0.39, 0.29) is 12.1 Å². The number of rotatable bonds is 3. The number of ketones is 1. The number of benzene rings is 1. The van der Waals surface area contributed by atoms with Crippen LogP contribution in [0.15, 0.2) is 12.1 Å². The summed E-state index contributed by atoms with van der Waals surface area (Å²) in [6, 6.07) is 2.64. The summed E-state index contributed by atoms with van der Waals surface area (Å²) >= 11 is 0. The van der Waals surface area contributed by atoms with Gasteiger partial charge < -0.3 is 10.5 Å². The molecule has 0 spiro atoms. The number of methoxy groups -OCH3 is 1. The van der Waals surface area contributed by atoms with E-state index in [0.717, 1.165) is 0 Å². The Kier molecular flexibility index (Phi) is 3.19. The van der Waals surface area contributed by atoms with E-state index in [1.807, 2.05) is 0 Å². The minimum Gasteiger partial charge on any atom is -0.496 e. The number of nitrogens with two attached hydrogens (primary N) is 1. The van der Waals surface area contributed by atoms with Crippen LogP contribution in [0.25, 0.3) is 0 Å². The average Bonchev–Trinajstić information content (AvgIpc) is 2.19. The van der Waals surface area contributed by atoms with Crippen LogP contribution in [-0.4, -0.2) is 19.4 Å². The van der Waals surface area contributed by atoms with Crippen LogP contribution in [0.2, 0.25) is 0 Å². The fourth-order valence-electron chi connectivity index (χ4n) is 1.21. The second kappa shape index (κ2) is 4.19. The van der Waals surface area contributed by atoms with Crippen molar-refractivity contribution in [2.75, 3.05) is 13.7 Å². The predicted octanol–water partition coefficient (Wildman–Crippen LogP) is 1.28. The molecule has 2 N–H and O–H groups in total. The van der Waals surface area contributed by atoms with Crippen molar-refractivity contribution in [1.29, 1.82) is 0 Å². The molecule has 1 aromatic rings. The third-order valence-electron chi connectivity index (χ3n) is 1.97. The summed E-state index contributed by atoms with van der Waals surface area (Å²) < 4.78 is 18.2. The van der Waals surface area contributed by atoms with E-state index in [4.69, 9.17) is 10.5 Å². The average molecular weight is 197 g/mol. The zero-order chi connectivity index (χ0) is 10.7. The van der Waals surface area contributed by atoms with Crippen LogP contribution in [0.4, 0.5) is 4.39 Å². The van der Waals surface area contributed by atoms with E-state index in [1.165, 1.54) is 19.2 Å². The summed E-state index contributed by atoms with van der Waals surface area (Å²) in [5.74, 6) is -0.577. The number of ether oxygens (including phenoxy) is 1. The molecule has 0 aliphatic heterocycles. The molecule has 0 unspecified atom stereocenters. The van der Waals surface area contributed by atoms with E-state index in [0.29, 0.717) is 11.3 Å². The molecule has 0 atom stereocenters. The van der Waals surface area contributed by atoms with Crippen molar-refractivity contribution >= 4 is 5.78 Å². The van der Waals surface area contributed by atoms with Gasteiger partial charge >= 0.3 is 0 Å². The van der Waals surface area contributed by atoms with Crippen molar-refractivity contribution in [3.8, 4) is 5.75 Å². The fraction of sp³-hybridized carbons (Fsp3) is 0.300. The van der Waals surface area contributed by atoms with Gasteiger partial charge in [0.05, 0.1) is 19.2 Å². The Labute approximate surface area is 81.7 Å². The lowest BCUT2D eigenvalue weighted by Crippen LogP contribution is -2.15. The van der Waals surface area contributed by atoms with Gasteiger partial charge in [0.25, 0.3) is 0 Å². The van der Waals surface area contributed by atoms with E-state index >= 15 is 0 Å². The lowest BCUT2D eigenvalue weighted by Gasteiger charge is -2.07. The van der Waals surface area contributed by atoms with Gasteiger partial charge in [0.1, 0.15) is 11.6 Å². The standard InChI is InChI=1S/C10H12FNO2/c1-6-3-7(9(13)5-12)8(11)4-10(6)14-2/h3-4H,5,12H2,1-2H3. The maximum atomic E-state index is 13.3. The fourth-order valence-corrected chi connectivity index (χ4v) is 1.21. The molecular formula is C10H12FNO2. The molecule has 0 saturated carbocycles. The maximum absolute atomic E-state index is 13.3. The number of Topliss-reactive ketones (excluding diaryl/α,β-unsaturated/α-hetero) is 1. The first-order valence-electron chi connectivity index (χ1n) is 4.17. The molecule has 0 aliphatic rings. The summed E-state index contributed by atoms with van der Waals surface area (Å²) in [6.07, 6.45) is 0. The minimum atomic E-state index is -0.595. The van der Waals surface area contributed by atoms with Gasteiger partial charge in [0.15, 0.2) is 5.78 Å². The molecule has 4 heteroatoms. The van der Waals surface area contributed by atoms with Gasteiger partial charge in [0.2, 0.25) is 0 Å². The molecule has 0 saturated heterocycles. The molecule has 0 amide bonds. The summed E-state index contributed by atoms with van der Waals surface area (Å²) in [6.45, 7) is 1.55. The van der Waals surface area contributed by atoms with Crippen LogP contribution in [-0.2, 0) is 0 Å². The highest BCUT2D eigenvalue weighted by atomic mass is 19.1. The van der Waals surface area contributed by atoms with Crippen LogP contribution in [0.1, 0.15) is 15.9 Å². The van der Waals surface area contributed by atoms with Crippen molar-refractivity contribution in [3.63, 3.8) is 0 Å². The molecule has 3 nitrogen and oxygen atoms in total. The molecule has 0 aliphatic carbocycles. The van der Waals surface area contributed by atoms with Crippen molar-refractivity contribution in [2.45, 2.75) is 6.92 Å². The molecule has 0 fully saturated rings. The molecule has 1 aromatic carbocycles. The van der Waals surface area contributed by atoms with E-state index < -0.39 is 11.6 Å². The number of halogens is 1. The second-order valence-corrected chi connectivity index (χ2v) is 2.93. The Morgan fingerprint density at radius 3 is 2.71 bits per heavy atom. The van der Waals surface area contributed by atoms with Gasteiger partial charge in [-0.1, -0.05) is 0 Å². The zero-order valence-corrected chi connectivity index (χ0v) is 8.13. The normalized spacial score (nSPS) is 10.0. The Bertz CT molecular complexity index is 363. The monoisotopic (exact) mass is 197 g/mol. The third kappa shape index (κ3) is 1.90. The van der Waals surface area contributed by atoms with Gasteiger partial charge in [-0.15, -0.1) is 0 Å². The lowest BCUT2D eigenvalue weighted by molar-refractivity contribution is 0.0997. The Morgan fingerprint density at radius 1 is 1.57 bits per heavy atom. The topological polar surface area (TPSA) is 52.3 Å². The molecule has 76 valence electrons. The number of carbonyl (C=O) groups is 1. The molecule has 0 radical (unpaired) electrons. The third-order valence-corrected chi connectivity index (χ3v) is 1.97. The lowest BCUT2D eigenvalue weighted by atomic mass is 10.1. The van der Waals surface area contributed by atoms with Crippen LogP contribution in [0.5, 0.6) is 5.75 Å². The highest BCUT2D eigenvalue weighted by Gasteiger charge is 2.12. The van der Waals surface area contributed by atoms with Crippen LogP contribution in [0, 0.1) is 12.7 Å². The second-order valence-electron chi connectivity index (χ2n) is 2.93. The molecular weight excluding hydrogens is 185 g/mol. The summed E-state index contributed by atoms with van der Waals surface area (Å²) in [4.78, 5) is 11.2. The van der Waals surface area contributed by atoms with Crippen LogP contribution < -0.4 is 10.5 Å². The van der Waals surface area contributed by atoms with Crippen LogP contribution in [0.3, 0.4) is 0 Å². The van der Waals surface area contributed by atoms with Gasteiger partial charge in [-0.05, 0) is 18.6 Å². The smallest absolute Gasteiger partial charge is 0.179 e. The van der Waals surface area contributed by atoms with Crippen molar-refractivity contribution < 1.29 is 13.9 Å². The summed E-state index contributed by atoms with van der Waals surface area (Å²) in [5.41, 5.74) is 5.88. The van der Waals surface area contributed by atoms with E-state index in [1.54, 1.807) is 6.92 Å². The number of aryl methyl sites for hydroxylation is 1. The SMILES string of the molecule is COc1cc(F)c(C(=O)CN)cc1C. The number of hydrogen-bond donors (Lipinski definition) is 1. The van der Waals surface area contributed by atoms with E-state index in [9.17, 15) is 9.18 Å². The predicted molar refractivity (Wildman–Crippen MR) is 51.1 cm³/mol. The summed E-state index contributed by atoms with van der Waals surface area (Å²) in [5, 5.41) is 0. The van der Waals surface area contributed by atoms with Gasteiger partial charge in [-0.25, -0.2) is 4.39 Å². The van der Waals surface area contributed by atoms with Crippen molar-refractivity contribution in [3.05, 3.63) is 29.1 Å². The van der Waals surface area contributed by atoms with Gasteiger partial charge in [-0.3, -0.25) is 4.79 Å². The molecule has 0 heterocycles. The molecule has 14 heavy (non-hydrogen) atoms. The molecule has 1 rings (SSSR count). The number of carbonyl (C=O) groups excluding carboxylic acids is 1. The van der Waals surface area contributed by atoms with Crippen molar-refractivity contribution in [1.82, 2.24) is 0 Å². The van der Waals surface area contributed by atoms with Crippen LogP contribution >= 0.6 is 0 Å². The highest BCUT2D eigenvalue weighted by molar-refractivity contribution is 5.98. The maximum Gasteiger partial charge on any atom is 0.179 e. The Hall–Kier alpha value is -1.42. The molecule has 0 bridgehead atoms. The minimum absolute atomic E-state index is 0.0193.